The van der Waals surface area contributed by atoms with E-state index in [1.54, 1.807) is 18.2 Å². The van der Waals surface area contributed by atoms with Crippen LogP contribution in [0.1, 0.15) is 17.5 Å². The Bertz CT molecular complexity index is 528. The minimum atomic E-state index is -1.18. The summed E-state index contributed by atoms with van der Waals surface area (Å²) >= 11 is 5.96. The molecule has 0 radical (unpaired) electrons. The van der Waals surface area contributed by atoms with Crippen LogP contribution in [0.25, 0.3) is 6.08 Å². The number of hydrogen-bond acceptors (Lipinski definition) is 3. The maximum atomic E-state index is 11.6. The predicted molar refractivity (Wildman–Crippen MR) is 76.5 cm³/mol. The van der Waals surface area contributed by atoms with Crippen LogP contribution >= 0.6 is 11.6 Å². The van der Waals surface area contributed by atoms with Gasteiger partial charge in [0.05, 0.1) is 0 Å². The highest BCUT2D eigenvalue weighted by atomic mass is 35.5. The molecule has 0 fully saturated rings. The molecule has 1 atom stereocenters. The number of aryl methyl sites for hydroxylation is 1. The summed E-state index contributed by atoms with van der Waals surface area (Å²) in [5, 5.41) is 20.4. The minimum absolute atomic E-state index is 0.0364. The fourth-order valence-electron chi connectivity index (χ4n) is 1.49. The summed E-state index contributed by atoms with van der Waals surface area (Å²) in [5.74, 6) is -1.72. The number of carbonyl (C=O) groups excluding carboxylic acids is 1. The van der Waals surface area contributed by atoms with Crippen LogP contribution in [0.3, 0.4) is 0 Å². The SMILES string of the molecule is Cc1ccc(/C=C/C(=O)N[C@H](CCO)C(=O)O)cc1Cl. The van der Waals surface area contributed by atoms with Gasteiger partial charge in [-0.05, 0) is 30.2 Å². The molecule has 20 heavy (non-hydrogen) atoms. The Morgan fingerprint density at radius 2 is 2.15 bits per heavy atom. The van der Waals surface area contributed by atoms with E-state index in [-0.39, 0.29) is 13.0 Å². The first kappa shape index (κ1) is 16.2. The lowest BCUT2D eigenvalue weighted by Crippen LogP contribution is -2.40. The van der Waals surface area contributed by atoms with E-state index in [1.807, 2.05) is 13.0 Å². The Balaban J connectivity index is 2.67. The van der Waals surface area contributed by atoms with Crippen molar-refractivity contribution in [3.63, 3.8) is 0 Å². The summed E-state index contributed by atoms with van der Waals surface area (Å²) < 4.78 is 0. The number of hydrogen-bond donors (Lipinski definition) is 3. The molecule has 0 saturated heterocycles. The third kappa shape index (κ3) is 5.03. The molecule has 3 N–H and O–H groups in total. The van der Waals surface area contributed by atoms with E-state index in [9.17, 15) is 9.59 Å². The Hall–Kier alpha value is -1.85. The van der Waals surface area contributed by atoms with Gasteiger partial charge in [-0.3, -0.25) is 4.79 Å². The van der Waals surface area contributed by atoms with E-state index in [1.165, 1.54) is 6.08 Å². The second-order valence-electron chi connectivity index (χ2n) is 4.25. The highest BCUT2D eigenvalue weighted by Gasteiger charge is 2.17. The van der Waals surface area contributed by atoms with E-state index in [2.05, 4.69) is 5.32 Å². The van der Waals surface area contributed by atoms with Crippen LogP contribution in [0.4, 0.5) is 0 Å². The number of rotatable bonds is 6. The molecule has 108 valence electrons. The summed E-state index contributed by atoms with van der Waals surface area (Å²) in [7, 11) is 0. The van der Waals surface area contributed by atoms with Gasteiger partial charge in [-0.1, -0.05) is 23.7 Å². The second-order valence-corrected chi connectivity index (χ2v) is 4.66. The van der Waals surface area contributed by atoms with Crippen molar-refractivity contribution in [2.24, 2.45) is 0 Å². The summed E-state index contributed by atoms with van der Waals surface area (Å²) in [6.07, 6.45) is 2.73. The van der Waals surface area contributed by atoms with Crippen molar-refractivity contribution in [1.29, 1.82) is 0 Å². The number of carboxylic acid groups (broad SMARTS) is 1. The molecule has 0 aliphatic heterocycles. The normalized spacial score (nSPS) is 12.3. The number of aliphatic hydroxyl groups is 1. The van der Waals surface area contributed by atoms with Crippen LogP contribution in [0.5, 0.6) is 0 Å². The van der Waals surface area contributed by atoms with Crippen LogP contribution in [0, 0.1) is 6.92 Å². The topological polar surface area (TPSA) is 86.6 Å². The molecule has 0 saturated carbocycles. The van der Waals surface area contributed by atoms with Gasteiger partial charge in [0.15, 0.2) is 0 Å². The van der Waals surface area contributed by atoms with Crippen LogP contribution < -0.4 is 5.32 Å². The summed E-state index contributed by atoms with van der Waals surface area (Å²) in [6.45, 7) is 1.56. The first-order chi connectivity index (χ1) is 9.43. The third-order valence-electron chi connectivity index (χ3n) is 2.66. The Labute approximate surface area is 121 Å². The smallest absolute Gasteiger partial charge is 0.326 e. The van der Waals surface area contributed by atoms with Gasteiger partial charge in [-0.15, -0.1) is 0 Å². The average Bonchev–Trinajstić information content (AvgIpc) is 2.39. The van der Waals surface area contributed by atoms with Gasteiger partial charge in [0, 0.05) is 24.1 Å². The molecule has 5 nitrogen and oxygen atoms in total. The first-order valence-corrected chi connectivity index (χ1v) is 6.40. The molecule has 0 aromatic heterocycles. The van der Waals surface area contributed by atoms with Crippen LogP contribution in [0.2, 0.25) is 5.02 Å². The predicted octanol–water partition coefficient (Wildman–Crippen LogP) is 1.61. The van der Waals surface area contributed by atoms with Gasteiger partial charge in [0.25, 0.3) is 0 Å². The largest absolute Gasteiger partial charge is 0.480 e. The van der Waals surface area contributed by atoms with Crippen molar-refractivity contribution in [2.75, 3.05) is 6.61 Å². The lowest BCUT2D eigenvalue weighted by Gasteiger charge is -2.11. The summed E-state index contributed by atoms with van der Waals surface area (Å²) in [6, 6.07) is 4.24. The number of carbonyl (C=O) groups is 2. The molecule has 1 amide bonds. The fraction of sp³-hybridized carbons (Fsp3) is 0.286. The number of aliphatic carboxylic acids is 1. The minimum Gasteiger partial charge on any atom is -0.480 e. The monoisotopic (exact) mass is 297 g/mol. The van der Waals surface area contributed by atoms with Crippen molar-refractivity contribution in [1.82, 2.24) is 5.32 Å². The zero-order chi connectivity index (χ0) is 15.1. The zero-order valence-corrected chi connectivity index (χ0v) is 11.7. The van der Waals surface area contributed by atoms with E-state index in [4.69, 9.17) is 21.8 Å². The van der Waals surface area contributed by atoms with E-state index in [0.717, 1.165) is 11.1 Å². The highest BCUT2D eigenvalue weighted by Crippen LogP contribution is 2.17. The maximum Gasteiger partial charge on any atom is 0.326 e. The lowest BCUT2D eigenvalue weighted by atomic mass is 10.1. The maximum absolute atomic E-state index is 11.6. The van der Waals surface area contributed by atoms with E-state index < -0.39 is 17.9 Å². The van der Waals surface area contributed by atoms with Crippen molar-refractivity contribution in [2.45, 2.75) is 19.4 Å². The molecule has 0 unspecified atom stereocenters. The molecule has 1 aromatic rings. The number of benzene rings is 1. The average molecular weight is 298 g/mol. The number of aliphatic hydroxyl groups excluding tert-OH is 1. The van der Waals surface area contributed by atoms with Crippen molar-refractivity contribution >= 4 is 29.6 Å². The molecular weight excluding hydrogens is 282 g/mol. The standard InChI is InChI=1S/C14H16ClNO4/c1-9-2-3-10(8-11(9)15)4-5-13(18)16-12(6-7-17)14(19)20/h2-5,8,12,17H,6-7H2,1H3,(H,16,18)(H,19,20)/b5-4+/t12-/m1/s1. The second kappa shape index (κ2) is 7.67. The van der Waals surface area contributed by atoms with Gasteiger partial charge < -0.3 is 15.5 Å². The molecule has 1 rings (SSSR count). The van der Waals surface area contributed by atoms with Gasteiger partial charge in [-0.2, -0.15) is 0 Å². The molecule has 0 aliphatic rings. The van der Waals surface area contributed by atoms with Crippen molar-refractivity contribution in [3.8, 4) is 0 Å². The molecule has 0 spiro atoms. The first-order valence-electron chi connectivity index (χ1n) is 6.02. The molecule has 0 aliphatic carbocycles. The van der Waals surface area contributed by atoms with E-state index >= 15 is 0 Å². The van der Waals surface area contributed by atoms with Gasteiger partial charge in [0.1, 0.15) is 6.04 Å². The number of halogens is 1. The Kier molecular flexibility index (Phi) is 6.21. The van der Waals surface area contributed by atoms with Gasteiger partial charge in [0.2, 0.25) is 5.91 Å². The Morgan fingerprint density at radius 1 is 1.45 bits per heavy atom. The van der Waals surface area contributed by atoms with Crippen LogP contribution in [0.15, 0.2) is 24.3 Å². The van der Waals surface area contributed by atoms with Gasteiger partial charge >= 0.3 is 5.97 Å². The molecule has 6 heteroatoms. The van der Waals surface area contributed by atoms with Gasteiger partial charge in [-0.25, -0.2) is 4.79 Å². The fourth-order valence-corrected chi connectivity index (χ4v) is 1.68. The van der Waals surface area contributed by atoms with Crippen molar-refractivity contribution < 1.29 is 19.8 Å². The number of amides is 1. The molecule has 1 aromatic carbocycles. The van der Waals surface area contributed by atoms with Crippen molar-refractivity contribution in [3.05, 3.63) is 40.4 Å². The quantitative estimate of drug-likeness (QED) is 0.696. The molecule has 0 heterocycles. The van der Waals surface area contributed by atoms with Crippen LogP contribution in [-0.2, 0) is 9.59 Å². The highest BCUT2D eigenvalue weighted by molar-refractivity contribution is 6.31. The Morgan fingerprint density at radius 3 is 2.70 bits per heavy atom. The number of nitrogens with one attached hydrogen (secondary N) is 1. The third-order valence-corrected chi connectivity index (χ3v) is 3.06. The number of carboxylic acids is 1. The summed E-state index contributed by atoms with van der Waals surface area (Å²) in [5.41, 5.74) is 1.67. The summed E-state index contributed by atoms with van der Waals surface area (Å²) in [4.78, 5) is 22.4. The van der Waals surface area contributed by atoms with Crippen LogP contribution in [-0.4, -0.2) is 34.7 Å². The molecular formula is C14H16ClNO4. The lowest BCUT2D eigenvalue weighted by molar-refractivity contribution is -0.141. The molecule has 0 bridgehead atoms. The zero-order valence-electron chi connectivity index (χ0n) is 11.0. The van der Waals surface area contributed by atoms with E-state index in [0.29, 0.717) is 5.02 Å².